The number of terminal acetylenes is 1. The van der Waals surface area contributed by atoms with E-state index in [9.17, 15) is 4.79 Å². The van der Waals surface area contributed by atoms with E-state index in [-0.39, 0.29) is 5.91 Å². The first-order valence-corrected chi connectivity index (χ1v) is 6.11. The summed E-state index contributed by atoms with van der Waals surface area (Å²) in [6.45, 7) is 3.74. The van der Waals surface area contributed by atoms with Gasteiger partial charge < -0.3 is 5.32 Å². The molecule has 0 spiro atoms. The van der Waals surface area contributed by atoms with Crippen molar-refractivity contribution in [3.05, 3.63) is 40.9 Å². The molecule has 1 aromatic carbocycles. The third kappa shape index (κ3) is 3.94. The molecule has 3 heteroatoms. The predicted octanol–water partition coefficient (Wildman–Crippen LogP) is 3.27. The molecule has 94 valence electrons. The Morgan fingerprint density at radius 1 is 1.56 bits per heavy atom. The van der Waals surface area contributed by atoms with Gasteiger partial charge in [-0.05, 0) is 31.1 Å². The largest absolute Gasteiger partial charge is 0.337 e. The molecule has 0 heterocycles. The zero-order valence-corrected chi connectivity index (χ0v) is 11.3. The Labute approximate surface area is 113 Å². The van der Waals surface area contributed by atoms with E-state index in [0.29, 0.717) is 11.4 Å². The van der Waals surface area contributed by atoms with Crippen LogP contribution >= 0.6 is 11.6 Å². The molecule has 18 heavy (non-hydrogen) atoms. The smallest absolute Gasteiger partial charge is 0.245 e. The lowest BCUT2D eigenvalue weighted by Crippen LogP contribution is -2.43. The van der Waals surface area contributed by atoms with Crippen molar-refractivity contribution in [2.24, 2.45) is 0 Å². The number of benzene rings is 1. The Hall–Kier alpha value is -1.72. The average molecular weight is 262 g/mol. The highest BCUT2D eigenvalue weighted by atomic mass is 35.5. The summed E-state index contributed by atoms with van der Waals surface area (Å²) in [5.74, 6) is 2.35. The lowest BCUT2D eigenvalue weighted by molar-refractivity contribution is -0.117. The van der Waals surface area contributed by atoms with Gasteiger partial charge in [-0.1, -0.05) is 42.6 Å². The van der Waals surface area contributed by atoms with Crippen LogP contribution in [0.4, 0.5) is 0 Å². The standard InChI is InChI=1S/C15H16ClNO/c1-4-15(3,5-2)17-14(18)11-10-12-8-6-7-9-13(12)16/h1,6-11H,5H2,2-3H3,(H,17,18)/b11-10+. The van der Waals surface area contributed by atoms with E-state index in [4.69, 9.17) is 18.0 Å². The highest BCUT2D eigenvalue weighted by molar-refractivity contribution is 6.32. The minimum atomic E-state index is -0.609. The van der Waals surface area contributed by atoms with Gasteiger partial charge in [0.25, 0.3) is 0 Å². The van der Waals surface area contributed by atoms with Crippen molar-refractivity contribution in [2.45, 2.75) is 25.8 Å². The molecule has 1 unspecified atom stereocenters. The second-order valence-corrected chi connectivity index (χ2v) is 4.58. The van der Waals surface area contributed by atoms with Gasteiger partial charge in [-0.25, -0.2) is 0 Å². The van der Waals surface area contributed by atoms with Crippen LogP contribution in [0.2, 0.25) is 5.02 Å². The van der Waals surface area contributed by atoms with Crippen molar-refractivity contribution < 1.29 is 4.79 Å². The highest BCUT2D eigenvalue weighted by Gasteiger charge is 2.19. The van der Waals surface area contributed by atoms with E-state index in [1.165, 1.54) is 6.08 Å². The fourth-order valence-electron chi connectivity index (χ4n) is 1.32. The molecule has 1 aromatic rings. The number of hydrogen-bond acceptors (Lipinski definition) is 1. The van der Waals surface area contributed by atoms with Gasteiger partial charge in [0.2, 0.25) is 5.91 Å². The number of carbonyl (C=O) groups is 1. The lowest BCUT2D eigenvalue weighted by Gasteiger charge is -2.22. The highest BCUT2D eigenvalue weighted by Crippen LogP contribution is 2.16. The maximum absolute atomic E-state index is 11.7. The normalized spacial score (nSPS) is 13.9. The zero-order valence-electron chi connectivity index (χ0n) is 10.5. The first kappa shape index (κ1) is 14.3. The van der Waals surface area contributed by atoms with Crippen LogP contribution in [0.25, 0.3) is 6.08 Å². The molecule has 0 aliphatic carbocycles. The Kier molecular flexibility index (Phi) is 5.00. The SMILES string of the molecule is C#CC(C)(CC)NC(=O)/C=C/c1ccccc1Cl. The van der Waals surface area contributed by atoms with E-state index < -0.39 is 5.54 Å². The number of carbonyl (C=O) groups excluding carboxylic acids is 1. The average Bonchev–Trinajstić information content (AvgIpc) is 2.37. The first-order chi connectivity index (χ1) is 8.50. The minimum Gasteiger partial charge on any atom is -0.337 e. The molecule has 0 fully saturated rings. The van der Waals surface area contributed by atoms with Crippen molar-refractivity contribution in [3.8, 4) is 12.3 Å². The predicted molar refractivity (Wildman–Crippen MR) is 76.2 cm³/mol. The molecule has 0 saturated carbocycles. The third-order valence-corrected chi connectivity index (χ3v) is 3.09. The number of nitrogens with one attached hydrogen (secondary N) is 1. The van der Waals surface area contributed by atoms with Crippen LogP contribution in [-0.4, -0.2) is 11.4 Å². The van der Waals surface area contributed by atoms with E-state index in [1.807, 2.05) is 32.0 Å². The van der Waals surface area contributed by atoms with Gasteiger partial charge in [0, 0.05) is 11.1 Å². The zero-order chi connectivity index (χ0) is 13.6. The molecule has 0 aliphatic heterocycles. The van der Waals surface area contributed by atoms with Crippen molar-refractivity contribution in [3.63, 3.8) is 0 Å². The molecule has 0 aliphatic rings. The second-order valence-electron chi connectivity index (χ2n) is 4.17. The molecule has 1 amide bonds. The van der Waals surface area contributed by atoms with Crippen LogP contribution in [0.3, 0.4) is 0 Å². The van der Waals surface area contributed by atoms with Crippen LogP contribution < -0.4 is 5.32 Å². The summed E-state index contributed by atoms with van der Waals surface area (Å²) in [4.78, 5) is 11.7. The second kappa shape index (κ2) is 6.28. The Morgan fingerprint density at radius 3 is 2.78 bits per heavy atom. The van der Waals surface area contributed by atoms with Gasteiger partial charge in [0.15, 0.2) is 0 Å². The minimum absolute atomic E-state index is 0.225. The van der Waals surface area contributed by atoms with Crippen LogP contribution in [-0.2, 0) is 4.79 Å². The molecule has 0 aromatic heterocycles. The van der Waals surface area contributed by atoms with Crippen LogP contribution in [0.15, 0.2) is 30.3 Å². The van der Waals surface area contributed by atoms with Crippen LogP contribution in [0.5, 0.6) is 0 Å². The first-order valence-electron chi connectivity index (χ1n) is 5.73. The monoisotopic (exact) mass is 261 g/mol. The van der Waals surface area contributed by atoms with Gasteiger partial charge in [-0.2, -0.15) is 0 Å². The lowest BCUT2D eigenvalue weighted by atomic mass is 10.0. The number of amides is 1. The molecule has 2 nitrogen and oxygen atoms in total. The topological polar surface area (TPSA) is 29.1 Å². The van der Waals surface area contributed by atoms with Gasteiger partial charge in [-0.3, -0.25) is 4.79 Å². The van der Waals surface area contributed by atoms with Gasteiger partial charge in [-0.15, -0.1) is 6.42 Å². The Morgan fingerprint density at radius 2 is 2.22 bits per heavy atom. The molecule has 1 rings (SSSR count). The van der Waals surface area contributed by atoms with Crippen molar-refractivity contribution >= 4 is 23.6 Å². The summed E-state index contributed by atoms with van der Waals surface area (Å²) in [6, 6.07) is 7.32. The molecular formula is C15H16ClNO. The molecule has 1 atom stereocenters. The molecule has 0 radical (unpaired) electrons. The van der Waals surface area contributed by atoms with Gasteiger partial charge >= 0.3 is 0 Å². The molecule has 0 bridgehead atoms. The number of halogens is 1. The van der Waals surface area contributed by atoms with Crippen molar-refractivity contribution in [1.29, 1.82) is 0 Å². The maximum atomic E-state index is 11.7. The Bertz CT molecular complexity index is 501. The summed E-state index contributed by atoms with van der Waals surface area (Å²) < 4.78 is 0. The van der Waals surface area contributed by atoms with Crippen molar-refractivity contribution in [2.75, 3.05) is 0 Å². The number of rotatable bonds is 4. The van der Waals surface area contributed by atoms with E-state index in [2.05, 4.69) is 11.2 Å². The van der Waals surface area contributed by atoms with Crippen LogP contribution in [0.1, 0.15) is 25.8 Å². The van der Waals surface area contributed by atoms with Gasteiger partial charge in [0.1, 0.15) is 0 Å². The fourth-order valence-corrected chi connectivity index (χ4v) is 1.51. The summed E-state index contributed by atoms with van der Waals surface area (Å²) in [6.07, 6.45) is 9.17. The summed E-state index contributed by atoms with van der Waals surface area (Å²) in [5.41, 5.74) is 0.190. The summed E-state index contributed by atoms with van der Waals surface area (Å²) in [7, 11) is 0. The fraction of sp³-hybridized carbons (Fsp3) is 0.267. The third-order valence-electron chi connectivity index (χ3n) is 2.74. The molecule has 1 N–H and O–H groups in total. The van der Waals surface area contributed by atoms with Gasteiger partial charge in [0.05, 0.1) is 5.54 Å². The quantitative estimate of drug-likeness (QED) is 0.654. The van der Waals surface area contributed by atoms with E-state index in [1.54, 1.807) is 12.1 Å². The molecular weight excluding hydrogens is 246 g/mol. The van der Waals surface area contributed by atoms with E-state index >= 15 is 0 Å². The van der Waals surface area contributed by atoms with Crippen molar-refractivity contribution in [1.82, 2.24) is 5.32 Å². The van der Waals surface area contributed by atoms with E-state index in [0.717, 1.165) is 5.56 Å². The summed E-state index contributed by atoms with van der Waals surface area (Å²) in [5, 5.41) is 3.39. The maximum Gasteiger partial charge on any atom is 0.245 e. The summed E-state index contributed by atoms with van der Waals surface area (Å²) >= 11 is 5.98. The molecule has 0 saturated heterocycles. The van der Waals surface area contributed by atoms with Crippen LogP contribution in [0, 0.1) is 12.3 Å². The number of hydrogen-bond donors (Lipinski definition) is 1. The Balaban J connectivity index is 2.72.